The van der Waals surface area contributed by atoms with Crippen molar-refractivity contribution in [3.8, 4) is 11.5 Å². The van der Waals surface area contributed by atoms with Gasteiger partial charge in [0.05, 0.1) is 42.5 Å². The van der Waals surface area contributed by atoms with Gasteiger partial charge in [-0.2, -0.15) is 4.99 Å². The van der Waals surface area contributed by atoms with E-state index in [-0.39, 0.29) is 35.1 Å². The van der Waals surface area contributed by atoms with Crippen molar-refractivity contribution in [1.29, 1.82) is 0 Å². The summed E-state index contributed by atoms with van der Waals surface area (Å²) in [5.74, 6) is 0.700. The second-order valence-corrected chi connectivity index (χ2v) is 9.74. The van der Waals surface area contributed by atoms with E-state index < -0.39 is 9.84 Å². The lowest BCUT2D eigenvalue weighted by atomic mass is 10.2. The second-order valence-electron chi connectivity index (χ2n) is 5.97. The van der Waals surface area contributed by atoms with Gasteiger partial charge in [-0.1, -0.05) is 30.3 Å². The van der Waals surface area contributed by atoms with E-state index in [0.29, 0.717) is 27.4 Å². The van der Waals surface area contributed by atoms with Crippen LogP contribution in [0.1, 0.15) is 13.3 Å². The molecule has 26 heavy (non-hydrogen) atoms. The van der Waals surface area contributed by atoms with Gasteiger partial charge in [-0.15, -0.1) is 0 Å². The smallest absolute Gasteiger partial charge is 0.247 e. The molecule has 2 aliphatic rings. The van der Waals surface area contributed by atoms with Crippen molar-refractivity contribution in [3.63, 3.8) is 0 Å². The molecule has 2 saturated heterocycles. The third-order valence-electron chi connectivity index (χ3n) is 4.30. The molecule has 142 valence electrons. The normalized spacial score (nSPS) is 25.4. The van der Waals surface area contributed by atoms with Crippen LogP contribution in [0.25, 0.3) is 0 Å². The number of thioether (sulfide) groups is 1. The minimum atomic E-state index is -3.15. The van der Waals surface area contributed by atoms with Gasteiger partial charge in [0.2, 0.25) is 5.91 Å². The quantitative estimate of drug-likeness (QED) is 0.741. The number of ether oxygens (including phenoxy) is 2. The predicted octanol–water partition coefficient (Wildman–Crippen LogP) is 2.37. The summed E-state index contributed by atoms with van der Waals surface area (Å²) in [6, 6.07) is 2.96. The zero-order valence-electron chi connectivity index (χ0n) is 14.6. The molecule has 2 atom stereocenters. The van der Waals surface area contributed by atoms with Crippen molar-refractivity contribution >= 4 is 50.0 Å². The summed E-state index contributed by atoms with van der Waals surface area (Å²) in [6.45, 7) is 1.73. The maximum atomic E-state index is 12.1. The molecule has 1 amide bonds. The highest BCUT2D eigenvalue weighted by atomic mass is 35.5. The number of halogens is 1. The Balaban J connectivity index is 2.13. The monoisotopic (exact) mass is 418 g/mol. The number of methoxy groups -OCH3 is 2. The molecule has 1 aromatic rings. The highest BCUT2D eigenvalue weighted by molar-refractivity contribution is 8.16. The number of carbonyl (C=O) groups excluding carboxylic acids is 1. The van der Waals surface area contributed by atoms with Crippen LogP contribution in [-0.4, -0.2) is 56.5 Å². The average Bonchev–Trinajstić information content (AvgIpc) is 3.05. The fourth-order valence-electron chi connectivity index (χ4n) is 3.06. The van der Waals surface area contributed by atoms with Crippen LogP contribution in [0.15, 0.2) is 17.1 Å². The number of rotatable bonds is 4. The van der Waals surface area contributed by atoms with Gasteiger partial charge in [0.1, 0.15) is 11.5 Å². The maximum absolute atomic E-state index is 12.1. The van der Waals surface area contributed by atoms with Gasteiger partial charge in [0, 0.05) is 17.7 Å². The first kappa shape index (κ1) is 19.3. The van der Waals surface area contributed by atoms with E-state index in [0.717, 1.165) is 0 Å². The highest BCUT2D eigenvalue weighted by Gasteiger charge is 2.50. The molecule has 7 nitrogen and oxygen atoms in total. The first-order chi connectivity index (χ1) is 12.3. The molecule has 2 heterocycles. The Bertz CT molecular complexity index is 872. The second kappa shape index (κ2) is 7.28. The molecule has 3 rings (SSSR count). The van der Waals surface area contributed by atoms with E-state index in [1.165, 1.54) is 26.0 Å². The van der Waals surface area contributed by atoms with E-state index in [9.17, 15) is 13.2 Å². The average molecular weight is 419 g/mol. The standard InChI is InChI=1S/C16H19ClN2O5S2/c1-4-15(20)18-16-19(11-7-26(21,22)8-14(11)25-16)10-5-9(17)12(23-2)6-13(10)24-3/h5-6,11,14H,4,7-8H2,1-3H3/t11-,14+/m1/s1. The fraction of sp³-hybridized carbons (Fsp3) is 0.500. The third kappa shape index (κ3) is 3.52. The Labute approximate surface area is 161 Å². The Kier molecular flexibility index (Phi) is 5.41. The van der Waals surface area contributed by atoms with Gasteiger partial charge in [0.25, 0.3) is 0 Å². The number of fused-ring (bicyclic) bond motifs is 1. The van der Waals surface area contributed by atoms with Crippen LogP contribution < -0.4 is 14.4 Å². The van der Waals surface area contributed by atoms with E-state index in [1.807, 2.05) is 0 Å². The van der Waals surface area contributed by atoms with Crippen LogP contribution in [-0.2, 0) is 14.6 Å². The molecule has 0 aromatic heterocycles. The number of sulfone groups is 1. The van der Waals surface area contributed by atoms with Crippen molar-refractivity contribution in [2.24, 2.45) is 4.99 Å². The summed E-state index contributed by atoms with van der Waals surface area (Å²) < 4.78 is 34.9. The first-order valence-corrected chi connectivity index (χ1v) is 11.1. The van der Waals surface area contributed by atoms with Crippen LogP contribution in [0.4, 0.5) is 5.69 Å². The molecule has 1 aromatic carbocycles. The lowest BCUT2D eigenvalue weighted by Gasteiger charge is -2.26. The van der Waals surface area contributed by atoms with Crippen LogP contribution >= 0.6 is 23.4 Å². The number of hydrogen-bond acceptors (Lipinski definition) is 6. The number of amidine groups is 1. The van der Waals surface area contributed by atoms with E-state index in [2.05, 4.69) is 4.99 Å². The van der Waals surface area contributed by atoms with E-state index in [1.54, 1.807) is 24.0 Å². The van der Waals surface area contributed by atoms with Crippen LogP contribution in [0.3, 0.4) is 0 Å². The number of hydrogen-bond donors (Lipinski definition) is 0. The molecule has 10 heteroatoms. The molecule has 2 aliphatic heterocycles. The van der Waals surface area contributed by atoms with Gasteiger partial charge in [0.15, 0.2) is 15.0 Å². The highest BCUT2D eigenvalue weighted by Crippen LogP contribution is 2.46. The molecule has 2 fully saturated rings. The van der Waals surface area contributed by atoms with Crippen LogP contribution in [0, 0.1) is 0 Å². The first-order valence-electron chi connectivity index (χ1n) is 7.99. The molecular weight excluding hydrogens is 400 g/mol. The molecule has 0 bridgehead atoms. The van der Waals surface area contributed by atoms with Crippen molar-refractivity contribution in [1.82, 2.24) is 0 Å². The molecule has 0 radical (unpaired) electrons. The Morgan fingerprint density at radius 3 is 2.62 bits per heavy atom. The van der Waals surface area contributed by atoms with Crippen molar-refractivity contribution in [3.05, 3.63) is 17.2 Å². The predicted molar refractivity (Wildman–Crippen MR) is 104 cm³/mol. The Hall–Kier alpha value is -1.45. The summed E-state index contributed by atoms with van der Waals surface area (Å²) >= 11 is 7.59. The molecule has 0 N–H and O–H groups in total. The van der Waals surface area contributed by atoms with E-state index in [4.69, 9.17) is 21.1 Å². The van der Waals surface area contributed by atoms with E-state index >= 15 is 0 Å². The largest absolute Gasteiger partial charge is 0.495 e. The van der Waals surface area contributed by atoms with Gasteiger partial charge in [-0.3, -0.25) is 4.79 Å². The Morgan fingerprint density at radius 1 is 1.31 bits per heavy atom. The SMILES string of the molecule is CCC(=O)N=C1S[C@H]2CS(=O)(=O)C[C@H]2N1c1cc(Cl)c(OC)cc1OC. The number of nitrogens with zero attached hydrogens (tertiary/aromatic N) is 2. The van der Waals surface area contributed by atoms with Crippen molar-refractivity contribution < 1.29 is 22.7 Å². The number of aliphatic imine (C=N–C) groups is 1. The van der Waals surface area contributed by atoms with Gasteiger partial charge < -0.3 is 14.4 Å². The van der Waals surface area contributed by atoms with Crippen molar-refractivity contribution in [2.45, 2.75) is 24.6 Å². The molecule has 0 spiro atoms. The van der Waals surface area contributed by atoms with Gasteiger partial charge in [-0.05, 0) is 6.07 Å². The van der Waals surface area contributed by atoms with Gasteiger partial charge in [-0.25, -0.2) is 8.42 Å². The van der Waals surface area contributed by atoms with Crippen LogP contribution in [0.2, 0.25) is 5.02 Å². The molecular formula is C16H19ClN2O5S2. The van der Waals surface area contributed by atoms with Crippen LogP contribution in [0.5, 0.6) is 11.5 Å². The zero-order chi connectivity index (χ0) is 19.1. The molecule has 0 aliphatic carbocycles. The van der Waals surface area contributed by atoms with Crippen molar-refractivity contribution in [2.75, 3.05) is 30.6 Å². The number of anilines is 1. The fourth-order valence-corrected chi connectivity index (χ4v) is 7.22. The summed E-state index contributed by atoms with van der Waals surface area (Å²) in [5.41, 5.74) is 0.568. The van der Waals surface area contributed by atoms with Gasteiger partial charge >= 0.3 is 0 Å². The maximum Gasteiger partial charge on any atom is 0.247 e. The lowest BCUT2D eigenvalue weighted by molar-refractivity contribution is -0.117. The summed E-state index contributed by atoms with van der Waals surface area (Å²) in [6.07, 6.45) is 0.270. The zero-order valence-corrected chi connectivity index (χ0v) is 16.9. The lowest BCUT2D eigenvalue weighted by Crippen LogP contribution is -2.38. The molecule has 0 saturated carbocycles. The topological polar surface area (TPSA) is 85.3 Å². The summed E-state index contributed by atoms with van der Waals surface area (Å²) in [7, 11) is -0.143. The number of carbonyl (C=O) groups is 1. The number of benzene rings is 1. The minimum absolute atomic E-state index is 0.00317. The summed E-state index contributed by atoms with van der Waals surface area (Å²) in [4.78, 5) is 17.8. The Morgan fingerprint density at radius 2 is 2.00 bits per heavy atom. The number of amides is 1. The third-order valence-corrected chi connectivity index (χ3v) is 7.81. The minimum Gasteiger partial charge on any atom is -0.495 e. The summed E-state index contributed by atoms with van der Waals surface area (Å²) in [5, 5.41) is 0.647. The molecule has 0 unspecified atom stereocenters.